The first-order valence-corrected chi connectivity index (χ1v) is 13.4. The molecule has 2 aliphatic heterocycles. The van der Waals surface area contributed by atoms with Crippen LogP contribution >= 0.6 is 34.2 Å². The van der Waals surface area contributed by atoms with Gasteiger partial charge in [-0.1, -0.05) is 80.9 Å². The molecule has 186 valence electrons. The molecule has 0 saturated heterocycles. The Morgan fingerprint density at radius 2 is 1.77 bits per heavy atom. The molecule has 0 saturated carbocycles. The quantitative estimate of drug-likeness (QED) is 0.293. The van der Waals surface area contributed by atoms with Crippen LogP contribution in [0, 0.1) is 5.41 Å². The lowest BCUT2D eigenvalue weighted by Gasteiger charge is -2.28. The van der Waals surface area contributed by atoms with Crippen molar-refractivity contribution in [2.45, 2.75) is 46.1 Å². The van der Waals surface area contributed by atoms with Gasteiger partial charge in [0.15, 0.2) is 18.3 Å². The molecule has 9 heteroatoms. The van der Waals surface area contributed by atoms with Gasteiger partial charge < -0.3 is 10.1 Å². The normalized spacial score (nSPS) is 17.7. The molecule has 4 rings (SSSR count). The van der Waals surface area contributed by atoms with Crippen molar-refractivity contribution >= 4 is 51.6 Å². The topological polar surface area (TPSA) is 78.0 Å². The highest BCUT2D eigenvalue weighted by atomic mass is 127. The molecule has 0 aromatic heterocycles. The van der Waals surface area contributed by atoms with Gasteiger partial charge in [0.05, 0.1) is 11.1 Å². The van der Waals surface area contributed by atoms with E-state index < -0.39 is 0 Å². The van der Waals surface area contributed by atoms with Crippen molar-refractivity contribution in [1.82, 2.24) is 16.0 Å². The molecular weight excluding hydrogens is 577 g/mol. The van der Waals surface area contributed by atoms with E-state index in [0.29, 0.717) is 28.1 Å². The van der Waals surface area contributed by atoms with Crippen LogP contribution in [0.2, 0.25) is 0 Å². The van der Waals surface area contributed by atoms with E-state index in [-0.39, 0.29) is 29.4 Å². The first-order chi connectivity index (χ1) is 16.5. The maximum atomic E-state index is 12.4. The van der Waals surface area contributed by atoms with Crippen molar-refractivity contribution in [3.63, 3.8) is 0 Å². The number of amidine groups is 1. The van der Waals surface area contributed by atoms with Gasteiger partial charge >= 0.3 is 0 Å². The Labute approximate surface area is 225 Å². The second-order valence-electron chi connectivity index (χ2n) is 10.5. The summed E-state index contributed by atoms with van der Waals surface area (Å²) in [5.74, 6) is 1.82. The second-order valence-corrected chi connectivity index (χ2v) is 11.6. The molecule has 1 atom stereocenters. The lowest BCUT2D eigenvalue weighted by molar-refractivity contribution is -0.118. The average Bonchev–Trinajstić information content (AvgIpc) is 3.38. The van der Waals surface area contributed by atoms with Crippen LogP contribution in [0.3, 0.4) is 0 Å². The first-order valence-electron chi connectivity index (χ1n) is 11.5. The molecule has 2 heterocycles. The van der Waals surface area contributed by atoms with Crippen molar-refractivity contribution in [1.29, 1.82) is 0 Å². The summed E-state index contributed by atoms with van der Waals surface area (Å²) < 4.78 is 6.68. The predicted octanol–water partition coefficient (Wildman–Crippen LogP) is 5.32. The van der Waals surface area contributed by atoms with E-state index in [0.717, 1.165) is 9.99 Å². The predicted molar refractivity (Wildman–Crippen MR) is 150 cm³/mol. The Balaban J connectivity index is 1.33. The second kappa shape index (κ2) is 9.99. The smallest absolute Gasteiger partial charge is 0.262 e. The fourth-order valence-corrected chi connectivity index (χ4v) is 4.69. The Hall–Kier alpha value is -2.30. The minimum absolute atomic E-state index is 0.00225. The van der Waals surface area contributed by atoms with Gasteiger partial charge in [-0.25, -0.2) is 10.4 Å². The van der Waals surface area contributed by atoms with E-state index in [9.17, 15) is 4.79 Å². The number of carbonyl (C=O) groups excluding carboxylic acids is 1. The maximum Gasteiger partial charge on any atom is 0.262 e. The van der Waals surface area contributed by atoms with Gasteiger partial charge in [-0.05, 0) is 52.8 Å². The summed E-state index contributed by atoms with van der Waals surface area (Å²) >= 11 is 8.97. The third kappa shape index (κ3) is 5.76. The molecule has 2 aliphatic rings. The minimum Gasteiger partial charge on any atom is -0.484 e. The SMILES string of the molecule is CC(C)(CI)c1ccc(OCC(=O)Nc2ccc(C3=NC4=C(Cl)C(C(C)(C)C)NN4N3)cc2)cc1. The number of alkyl halides is 1. The Bertz CT molecular complexity index is 1150. The van der Waals surface area contributed by atoms with Gasteiger partial charge in [0, 0.05) is 15.7 Å². The number of nitrogens with zero attached hydrogens (tertiary/aromatic N) is 2. The van der Waals surface area contributed by atoms with Crippen LogP contribution in [0.15, 0.2) is 64.4 Å². The van der Waals surface area contributed by atoms with E-state index in [1.807, 2.05) is 36.4 Å². The Kier molecular flexibility index (Phi) is 7.36. The largest absolute Gasteiger partial charge is 0.484 e. The summed E-state index contributed by atoms with van der Waals surface area (Å²) in [6.07, 6.45) is 0. The number of anilines is 1. The summed E-state index contributed by atoms with van der Waals surface area (Å²) in [6, 6.07) is 15.4. The lowest BCUT2D eigenvalue weighted by atomic mass is 9.87. The van der Waals surface area contributed by atoms with E-state index in [1.54, 1.807) is 5.12 Å². The highest BCUT2D eigenvalue weighted by molar-refractivity contribution is 14.1. The summed E-state index contributed by atoms with van der Waals surface area (Å²) in [7, 11) is 0. The molecule has 3 N–H and O–H groups in total. The van der Waals surface area contributed by atoms with Gasteiger partial charge in [-0.15, -0.1) is 0 Å². The third-order valence-electron chi connectivity index (χ3n) is 6.02. The molecule has 0 radical (unpaired) electrons. The molecule has 1 unspecified atom stereocenters. The molecule has 7 nitrogen and oxygen atoms in total. The fraction of sp³-hybridized carbons (Fsp3) is 0.385. The van der Waals surface area contributed by atoms with Crippen molar-refractivity contribution < 1.29 is 9.53 Å². The highest BCUT2D eigenvalue weighted by Gasteiger charge is 2.40. The zero-order valence-corrected chi connectivity index (χ0v) is 23.5. The number of hydrogen-bond donors (Lipinski definition) is 3. The molecule has 0 spiro atoms. The van der Waals surface area contributed by atoms with E-state index in [1.165, 1.54) is 5.56 Å². The molecule has 0 fully saturated rings. The molecule has 0 bridgehead atoms. The number of carbonyl (C=O) groups is 1. The Morgan fingerprint density at radius 1 is 1.11 bits per heavy atom. The zero-order chi connectivity index (χ0) is 25.4. The van der Waals surface area contributed by atoms with Crippen LogP contribution in [0.5, 0.6) is 5.75 Å². The molecule has 0 aliphatic carbocycles. The molecule has 2 aromatic carbocycles. The van der Waals surface area contributed by atoms with Crippen LogP contribution in [0.25, 0.3) is 0 Å². The number of fused-ring (bicyclic) bond motifs is 1. The number of hydrazine groups is 2. The number of benzene rings is 2. The van der Waals surface area contributed by atoms with Crippen molar-refractivity contribution in [3.8, 4) is 5.75 Å². The number of halogens is 2. The third-order valence-corrected chi connectivity index (χ3v) is 8.31. The van der Waals surface area contributed by atoms with Crippen molar-refractivity contribution in [2.24, 2.45) is 10.4 Å². The van der Waals surface area contributed by atoms with Crippen molar-refractivity contribution in [3.05, 3.63) is 70.5 Å². The monoisotopic (exact) mass is 607 g/mol. The van der Waals surface area contributed by atoms with Gasteiger partial charge in [-0.2, -0.15) is 5.12 Å². The van der Waals surface area contributed by atoms with Crippen molar-refractivity contribution in [2.75, 3.05) is 16.4 Å². The maximum absolute atomic E-state index is 12.4. The number of aliphatic imine (C=N–C) groups is 1. The molecule has 35 heavy (non-hydrogen) atoms. The first kappa shape index (κ1) is 25.8. The van der Waals surface area contributed by atoms with Gasteiger partial charge in [-0.3, -0.25) is 10.2 Å². The summed E-state index contributed by atoms with van der Waals surface area (Å²) in [5, 5.41) is 5.31. The summed E-state index contributed by atoms with van der Waals surface area (Å²) in [5.41, 5.74) is 9.47. The number of nitrogens with one attached hydrogen (secondary N) is 3. The Morgan fingerprint density at radius 3 is 2.34 bits per heavy atom. The van der Waals surface area contributed by atoms with Crippen LogP contribution in [-0.2, 0) is 10.2 Å². The van der Waals surface area contributed by atoms with Crippen LogP contribution in [-0.4, -0.2) is 33.9 Å². The van der Waals surface area contributed by atoms with Gasteiger partial charge in [0.25, 0.3) is 5.91 Å². The number of amides is 1. The standard InChI is InChI=1S/C26H31ClIN5O2/c1-25(2,3)22-21(27)24-30-23(32-33(24)31-22)16-6-10-18(11-7-16)29-20(34)14-35-19-12-8-17(9-13-19)26(4,5)15-28/h6-13,22,31H,14-15H2,1-5H3,(H,29,34)(H,30,32). The number of hydrogen-bond acceptors (Lipinski definition) is 6. The van der Waals surface area contributed by atoms with E-state index >= 15 is 0 Å². The zero-order valence-electron chi connectivity index (χ0n) is 20.6. The average molecular weight is 608 g/mol. The van der Waals surface area contributed by atoms with E-state index in [2.05, 4.69) is 90.5 Å². The lowest BCUT2D eigenvalue weighted by Crippen LogP contribution is -2.49. The molecule has 1 amide bonds. The summed E-state index contributed by atoms with van der Waals surface area (Å²) in [4.78, 5) is 17.0. The van der Waals surface area contributed by atoms with Gasteiger partial charge in [0.1, 0.15) is 5.75 Å². The highest BCUT2D eigenvalue weighted by Crippen LogP contribution is 2.36. The van der Waals surface area contributed by atoms with Gasteiger partial charge in [0.2, 0.25) is 0 Å². The molecule has 2 aromatic rings. The van der Waals surface area contributed by atoms with Crippen LogP contribution < -0.4 is 20.9 Å². The molecular formula is C26H31ClIN5O2. The van der Waals surface area contributed by atoms with Crippen LogP contribution in [0.4, 0.5) is 5.69 Å². The van der Waals surface area contributed by atoms with Crippen LogP contribution in [0.1, 0.15) is 45.7 Å². The number of ether oxygens (including phenoxy) is 1. The minimum atomic E-state index is -0.222. The van der Waals surface area contributed by atoms with E-state index in [4.69, 9.17) is 16.3 Å². The fourth-order valence-electron chi connectivity index (χ4n) is 3.75. The number of rotatable bonds is 7. The summed E-state index contributed by atoms with van der Waals surface area (Å²) in [6.45, 7) is 10.7.